The van der Waals surface area contributed by atoms with Crippen LogP contribution in [0.3, 0.4) is 0 Å². The highest BCUT2D eigenvalue weighted by atomic mass is 16.3. The molecule has 0 amide bonds. The average Bonchev–Trinajstić information content (AvgIpc) is 3.99. The van der Waals surface area contributed by atoms with E-state index in [9.17, 15) is 15.1 Å². The largest absolute Gasteiger partial charge is 0.456 e. The fourth-order valence-corrected chi connectivity index (χ4v) is 6.86. The number of hydrogen-bond donors (Lipinski definition) is 0. The molecule has 2 heteroatoms. The van der Waals surface area contributed by atoms with E-state index >= 15 is 0 Å². The first-order valence-corrected chi connectivity index (χ1v) is 16.0. The van der Waals surface area contributed by atoms with Crippen LogP contribution in [-0.2, 0) is 0 Å². The SMILES string of the molecule is [2H]c1c([2H])c(-c2c([2H])c([2H])c3c(oc4c([2H])c([2H])c5oc6c([2H])c([2H])c([2H])c([2H])c6c5c43)c2[2H])c([2H])c(-c2c3c([2H])c([2H])c([2H])c([2H])c3c(-c3cccc(-c4ccccc4)c3)c3c([2H])c([2H])c([2H])c([2H])c23)c1[2H]. The van der Waals surface area contributed by atoms with Crippen molar-refractivity contribution in [3.05, 3.63) is 181 Å². The van der Waals surface area contributed by atoms with Gasteiger partial charge in [0.2, 0.25) is 0 Å². The Morgan fingerprint density at radius 3 is 1.58 bits per heavy atom. The van der Waals surface area contributed by atoms with E-state index in [4.69, 9.17) is 22.5 Å². The van der Waals surface area contributed by atoms with Crippen molar-refractivity contribution in [2.75, 3.05) is 0 Å². The van der Waals surface area contributed by atoms with Crippen molar-refractivity contribution < 1.29 is 37.6 Å². The van der Waals surface area contributed by atoms with Crippen LogP contribution in [0.15, 0.2) is 190 Å². The van der Waals surface area contributed by atoms with Gasteiger partial charge < -0.3 is 8.83 Å². The molecule has 0 aliphatic rings. The zero-order valence-corrected chi connectivity index (χ0v) is 26.5. The van der Waals surface area contributed by atoms with Crippen LogP contribution in [0.4, 0.5) is 0 Å². The van der Waals surface area contributed by atoms with Gasteiger partial charge in [0.15, 0.2) is 0 Å². The molecule has 0 unspecified atom stereocenters. The number of hydrogen-bond acceptors (Lipinski definition) is 2. The lowest BCUT2D eigenvalue weighted by Crippen LogP contribution is -1.91. The standard InChI is InChI=1S/C50H30O2/c1-2-12-31(13-3-1)32-14-10-16-35(28-32)47-37-18-4-6-20-39(37)48(40-21-7-5-19-38(40)47)36-17-11-15-33(29-36)34-24-25-42-46(30-34)52-45-27-26-44-49(50(42)45)41-22-8-9-23-43(41)51-44/h1-30H/i4D,5D,6D,7D,8D,9D,11D,15D,17D,18D,19D,20D,21D,22D,23D,24D,25D,26D,27D,29D,30D. The van der Waals surface area contributed by atoms with Crippen LogP contribution in [0.2, 0.25) is 0 Å². The van der Waals surface area contributed by atoms with Crippen LogP contribution < -0.4 is 0 Å². The molecule has 2 nitrogen and oxygen atoms in total. The molecule has 2 heterocycles. The van der Waals surface area contributed by atoms with E-state index in [2.05, 4.69) is 0 Å². The summed E-state index contributed by atoms with van der Waals surface area (Å²) in [6, 6.07) is 0.247. The van der Waals surface area contributed by atoms with Gasteiger partial charge in [-0.2, -0.15) is 0 Å². The van der Waals surface area contributed by atoms with Gasteiger partial charge in [-0.1, -0.05) is 139 Å². The molecule has 0 atom stereocenters. The van der Waals surface area contributed by atoms with E-state index < -0.39 is 171 Å². The molecule has 0 fully saturated rings. The molecule has 0 bridgehead atoms. The highest BCUT2D eigenvalue weighted by molar-refractivity contribution is 6.26. The van der Waals surface area contributed by atoms with Crippen molar-refractivity contribution >= 4 is 65.4 Å². The van der Waals surface area contributed by atoms with Crippen LogP contribution in [0.1, 0.15) is 28.8 Å². The van der Waals surface area contributed by atoms with Gasteiger partial charge >= 0.3 is 0 Å². The molecule has 0 spiro atoms. The van der Waals surface area contributed by atoms with Gasteiger partial charge in [-0.05, 0) is 108 Å². The summed E-state index contributed by atoms with van der Waals surface area (Å²) in [5, 5.41) is -2.31. The summed E-state index contributed by atoms with van der Waals surface area (Å²) in [5.74, 6) is 0. The third kappa shape index (κ3) is 4.38. The molecule has 11 aromatic rings. The fraction of sp³-hybridized carbons (Fsp3) is 0. The Labute approximate surface area is 329 Å². The van der Waals surface area contributed by atoms with Gasteiger partial charge in [0.1, 0.15) is 22.3 Å². The number of benzene rings is 9. The number of rotatable bonds is 4. The van der Waals surface area contributed by atoms with Crippen molar-refractivity contribution in [1.29, 1.82) is 0 Å². The Morgan fingerprint density at radius 1 is 0.327 bits per heavy atom. The maximum atomic E-state index is 9.93. The number of fused-ring (bicyclic) bond motifs is 9. The first-order chi connectivity index (χ1) is 34.5. The highest BCUT2D eigenvalue weighted by Gasteiger charge is 2.19. The topological polar surface area (TPSA) is 26.3 Å². The molecule has 0 N–H and O–H groups in total. The molecule has 0 saturated carbocycles. The van der Waals surface area contributed by atoms with E-state index in [1.807, 2.05) is 30.3 Å². The Hall–Kier alpha value is -6.90. The molecule has 0 saturated heterocycles. The van der Waals surface area contributed by atoms with Gasteiger partial charge in [-0.25, -0.2) is 0 Å². The molecule has 242 valence electrons. The van der Waals surface area contributed by atoms with Crippen LogP contribution in [-0.4, -0.2) is 0 Å². The van der Waals surface area contributed by atoms with Crippen LogP contribution in [0, 0.1) is 0 Å². The molecule has 0 aliphatic carbocycles. The second-order valence-corrected chi connectivity index (χ2v) is 12.0. The summed E-state index contributed by atoms with van der Waals surface area (Å²) < 4.78 is 203. The van der Waals surface area contributed by atoms with Crippen molar-refractivity contribution in [3.8, 4) is 44.5 Å². The lowest BCUT2D eigenvalue weighted by Gasteiger charge is -2.18. The second-order valence-electron chi connectivity index (χ2n) is 12.0. The predicted molar refractivity (Wildman–Crippen MR) is 218 cm³/mol. The third-order valence-corrected chi connectivity index (χ3v) is 9.09. The quantitative estimate of drug-likeness (QED) is 0.173. The van der Waals surface area contributed by atoms with Gasteiger partial charge in [-0.15, -0.1) is 0 Å². The molecule has 9 aromatic carbocycles. The second kappa shape index (κ2) is 11.3. The van der Waals surface area contributed by atoms with Crippen molar-refractivity contribution in [2.24, 2.45) is 0 Å². The number of furan rings is 2. The molecule has 0 radical (unpaired) electrons. The van der Waals surface area contributed by atoms with Crippen molar-refractivity contribution in [1.82, 2.24) is 0 Å². The maximum absolute atomic E-state index is 9.93. The fourth-order valence-electron chi connectivity index (χ4n) is 6.86. The Bertz CT molecular complexity index is 4310. The summed E-state index contributed by atoms with van der Waals surface area (Å²) in [4.78, 5) is 0. The van der Waals surface area contributed by atoms with E-state index in [-0.39, 0.29) is 54.6 Å². The molecule has 11 rings (SSSR count). The van der Waals surface area contributed by atoms with Gasteiger partial charge in [0.05, 0.1) is 28.8 Å². The highest BCUT2D eigenvalue weighted by Crippen LogP contribution is 2.45. The predicted octanol–water partition coefficient (Wildman–Crippen LogP) is 14.5. The zero-order valence-electron chi connectivity index (χ0n) is 47.5. The first kappa shape index (κ1) is 15.1. The lowest BCUT2D eigenvalue weighted by molar-refractivity contribution is 0.663. The van der Waals surface area contributed by atoms with E-state index in [0.717, 1.165) is 5.56 Å². The van der Waals surface area contributed by atoms with Gasteiger partial charge in [0, 0.05) is 21.5 Å². The van der Waals surface area contributed by atoms with E-state index in [1.54, 1.807) is 24.3 Å². The summed E-state index contributed by atoms with van der Waals surface area (Å²) in [5.41, 5.74) is -2.66. The summed E-state index contributed by atoms with van der Waals surface area (Å²) in [6.07, 6.45) is 0. The third-order valence-electron chi connectivity index (χ3n) is 9.09. The molecule has 2 aromatic heterocycles. The van der Waals surface area contributed by atoms with E-state index in [1.165, 1.54) is 0 Å². The summed E-state index contributed by atoms with van der Waals surface area (Å²) >= 11 is 0. The average molecular weight is 684 g/mol. The summed E-state index contributed by atoms with van der Waals surface area (Å²) in [6.45, 7) is 0. The van der Waals surface area contributed by atoms with E-state index in [0.29, 0.717) is 5.56 Å². The Kier molecular flexibility index (Phi) is 3.29. The molecule has 0 aliphatic heterocycles. The summed E-state index contributed by atoms with van der Waals surface area (Å²) in [7, 11) is 0. The van der Waals surface area contributed by atoms with Crippen LogP contribution in [0.5, 0.6) is 0 Å². The van der Waals surface area contributed by atoms with Crippen LogP contribution in [0.25, 0.3) is 110 Å². The smallest absolute Gasteiger partial charge is 0.136 e. The van der Waals surface area contributed by atoms with Gasteiger partial charge in [0.25, 0.3) is 0 Å². The van der Waals surface area contributed by atoms with Crippen LogP contribution >= 0.6 is 0 Å². The number of para-hydroxylation sites is 1. The molecular formula is C50H30O2. The molecule has 52 heavy (non-hydrogen) atoms. The van der Waals surface area contributed by atoms with Gasteiger partial charge in [-0.3, -0.25) is 0 Å². The lowest BCUT2D eigenvalue weighted by atomic mass is 9.85. The zero-order chi connectivity index (χ0) is 52.4. The monoisotopic (exact) mass is 683 g/mol. The Morgan fingerprint density at radius 2 is 0.865 bits per heavy atom. The van der Waals surface area contributed by atoms with Crippen molar-refractivity contribution in [3.63, 3.8) is 0 Å². The minimum absolute atomic E-state index is 0.0391. The first-order valence-electron chi connectivity index (χ1n) is 26.5. The normalized spacial score (nSPS) is 17.5. The van der Waals surface area contributed by atoms with Crippen molar-refractivity contribution in [2.45, 2.75) is 0 Å². The Balaban J connectivity index is 1.31. The minimum atomic E-state index is -0.938. The minimum Gasteiger partial charge on any atom is -0.456 e. The maximum Gasteiger partial charge on any atom is 0.136 e. The molecular weight excluding hydrogens is 633 g/mol.